The molecule has 0 aromatic heterocycles. The lowest BCUT2D eigenvalue weighted by Crippen LogP contribution is -2.48. The van der Waals surface area contributed by atoms with Gasteiger partial charge >= 0.3 is 0 Å². The van der Waals surface area contributed by atoms with E-state index in [4.69, 9.17) is 9.47 Å². The van der Waals surface area contributed by atoms with Crippen LogP contribution in [0.4, 0.5) is 0 Å². The Labute approximate surface area is 448 Å². The van der Waals surface area contributed by atoms with E-state index in [-0.39, 0.29) is 0 Å². The summed E-state index contributed by atoms with van der Waals surface area (Å²) in [5.41, 5.74) is 0. The predicted molar refractivity (Wildman–Crippen MR) is 310 cm³/mol. The zero-order chi connectivity index (χ0) is 52.8. The molecular weight excluding hydrogens is 897 g/mol. The summed E-state index contributed by atoms with van der Waals surface area (Å²) < 4.78 is 10.5. The Morgan fingerprint density at radius 1 is 0.347 bits per heavy atom. The van der Waals surface area contributed by atoms with Gasteiger partial charge in [-0.15, -0.1) is 0 Å². The smallest absolute Gasteiger partial charge is 0.0619 e. The fourth-order valence-electron chi connectivity index (χ4n) is 11.1. The number of hydrogen-bond acceptors (Lipinski definition) is 14. The van der Waals surface area contributed by atoms with Crippen molar-refractivity contribution in [2.45, 2.75) is 161 Å². The van der Waals surface area contributed by atoms with E-state index in [1.807, 2.05) is 0 Å². The summed E-state index contributed by atoms with van der Waals surface area (Å²) in [6.45, 7) is 45.8. The van der Waals surface area contributed by atoms with Gasteiger partial charge in [-0.25, -0.2) is 0 Å². The van der Waals surface area contributed by atoms with Crippen molar-refractivity contribution < 1.29 is 9.47 Å². The van der Waals surface area contributed by atoms with Gasteiger partial charge in [-0.3, -0.25) is 29.4 Å². The van der Waals surface area contributed by atoms with Gasteiger partial charge in [-0.2, -0.15) is 0 Å². The standard InChI is InChI=1S/C12H25N3.C11H22N2O.C9H20N2.C7H16N2.C7H15N.C6H13NO.C6H13N/c1-12-4-3-5-15(12)11-10-14-8-6-13(2)7-9-14;1-11-3-2-4-13(11)6-5-12-7-9-14-10-8-12;1-9-5-4-6-11(9)8-7-10(2)3;1-7-6-8(2)4-5-9(7)3;1-7-5-3-4-6-8(7)2;1-6-5-8-4-3-7(6)2;1-6-4-3-5-7(6)2/h12H,3-11H2,1-2H3;11H,2-10H2,1H3;9H,4-8H2,1-3H3;7H,4-6H2,1-3H3;7H,3-6H2,1-2H3;6H,3-5H2,1-2H3;6H,3-5H2,1-2H3. The number of piperazine rings is 2. The molecule has 0 spiro atoms. The third-order valence-electron chi connectivity index (χ3n) is 17.9. The maximum atomic E-state index is 5.34. The summed E-state index contributed by atoms with van der Waals surface area (Å²) >= 11 is 0. The van der Waals surface area contributed by atoms with Gasteiger partial charge in [0, 0.05) is 147 Å². The molecule has 0 aromatic carbocycles. The van der Waals surface area contributed by atoms with Crippen LogP contribution in [0.3, 0.4) is 0 Å². The number of morpholine rings is 2. The first-order valence-corrected chi connectivity index (χ1v) is 30.1. The molecule has 0 aliphatic carbocycles. The van der Waals surface area contributed by atoms with Gasteiger partial charge in [-0.1, -0.05) is 6.42 Å². The molecule has 428 valence electrons. The monoisotopic (exact) mass is 1020 g/mol. The Kier molecular flexibility index (Phi) is 34.8. The van der Waals surface area contributed by atoms with Gasteiger partial charge in [0.05, 0.1) is 26.4 Å². The number of rotatable bonds is 9. The van der Waals surface area contributed by atoms with E-state index in [2.05, 4.69) is 164 Å². The predicted octanol–water partition coefficient (Wildman–Crippen LogP) is 5.73. The van der Waals surface area contributed by atoms with Crippen molar-refractivity contribution in [3.05, 3.63) is 0 Å². The molecule has 0 N–H and O–H groups in total. The van der Waals surface area contributed by atoms with Gasteiger partial charge in [0.15, 0.2) is 0 Å². The SMILES string of the molecule is CC1CCCCN1C.CC1CCCN1C.CC1CCCN1CCN(C)C.CC1CCCN1CCN1CCN(C)CC1.CC1CCCN1CCN1CCOCC1.CC1CN(C)CCN1C.CC1COCCN1C. The molecule has 0 saturated carbocycles. The maximum absolute atomic E-state index is 5.34. The molecule has 72 heavy (non-hydrogen) atoms. The molecule has 0 radical (unpaired) electrons. The normalized spacial score (nSPS) is 31.4. The topological polar surface area (TPSA) is 57.3 Å². The molecule has 0 bridgehead atoms. The van der Waals surface area contributed by atoms with Crippen LogP contribution >= 0.6 is 0 Å². The summed E-state index contributed by atoms with van der Waals surface area (Å²) in [5.74, 6) is 0. The fraction of sp³-hybridized carbons (Fsp3) is 1.00. The first-order chi connectivity index (χ1) is 34.4. The first kappa shape index (κ1) is 65.7. The van der Waals surface area contributed by atoms with E-state index in [9.17, 15) is 0 Å². The van der Waals surface area contributed by atoms with E-state index in [1.165, 1.54) is 188 Å². The van der Waals surface area contributed by atoms with Crippen LogP contribution in [0, 0.1) is 0 Å². The van der Waals surface area contributed by atoms with Crippen molar-refractivity contribution in [2.24, 2.45) is 0 Å². The zero-order valence-corrected chi connectivity index (χ0v) is 50.7. The van der Waals surface area contributed by atoms with Gasteiger partial charge in [0.25, 0.3) is 0 Å². The molecular formula is C58H124N12O2. The fourth-order valence-corrected chi connectivity index (χ4v) is 11.1. The van der Waals surface area contributed by atoms with Crippen LogP contribution in [0.25, 0.3) is 0 Å². The van der Waals surface area contributed by atoms with Crippen LogP contribution < -0.4 is 0 Å². The Hall–Kier alpha value is -0.560. The molecule has 9 aliphatic heterocycles. The van der Waals surface area contributed by atoms with Gasteiger partial charge in [-0.05, 0) is 202 Å². The second kappa shape index (κ2) is 38.1. The minimum Gasteiger partial charge on any atom is -0.379 e. The maximum Gasteiger partial charge on any atom is 0.0619 e. The van der Waals surface area contributed by atoms with E-state index >= 15 is 0 Å². The highest BCUT2D eigenvalue weighted by molar-refractivity contribution is 4.80. The van der Waals surface area contributed by atoms with Crippen LogP contribution in [0.1, 0.15) is 119 Å². The number of likely N-dealkylation sites (tertiary alicyclic amines) is 5. The van der Waals surface area contributed by atoms with E-state index in [0.29, 0.717) is 6.04 Å². The summed E-state index contributed by atoms with van der Waals surface area (Å²) in [6, 6.07) is 5.51. The molecule has 14 heteroatoms. The third-order valence-corrected chi connectivity index (χ3v) is 17.9. The van der Waals surface area contributed by atoms with Crippen LogP contribution in [0.2, 0.25) is 0 Å². The summed E-state index contributed by atoms with van der Waals surface area (Å²) in [7, 11) is 17.4. The molecule has 14 nitrogen and oxygen atoms in total. The third kappa shape index (κ3) is 28.2. The number of hydrogen-bond donors (Lipinski definition) is 0. The molecule has 9 saturated heterocycles. The van der Waals surface area contributed by atoms with E-state index < -0.39 is 0 Å². The van der Waals surface area contributed by atoms with Crippen LogP contribution in [-0.4, -0.2) is 321 Å². The summed E-state index contributed by atoms with van der Waals surface area (Å²) in [6.07, 6.45) is 15.4. The van der Waals surface area contributed by atoms with Crippen molar-refractivity contribution in [1.29, 1.82) is 0 Å². The summed E-state index contributed by atoms with van der Waals surface area (Å²) in [5, 5.41) is 0. The first-order valence-electron chi connectivity index (χ1n) is 30.1. The minimum atomic E-state index is 0.615. The number of piperidine rings is 1. The highest BCUT2D eigenvalue weighted by Crippen LogP contribution is 2.18. The van der Waals surface area contributed by atoms with Crippen molar-refractivity contribution in [1.82, 2.24) is 58.8 Å². The average Bonchev–Trinajstić information content (AvgIpc) is 4.19. The number of nitrogens with zero attached hydrogens (tertiary/aromatic N) is 12. The van der Waals surface area contributed by atoms with Crippen molar-refractivity contribution in [3.63, 3.8) is 0 Å². The lowest BCUT2D eigenvalue weighted by atomic mass is 10.1. The second-order valence-electron chi connectivity index (χ2n) is 24.3. The molecule has 7 unspecified atom stereocenters. The van der Waals surface area contributed by atoms with Gasteiger partial charge < -0.3 is 38.9 Å². The van der Waals surface area contributed by atoms with Crippen LogP contribution in [0.5, 0.6) is 0 Å². The quantitative estimate of drug-likeness (QED) is 0.283. The average molecular weight is 1020 g/mol. The van der Waals surface area contributed by atoms with E-state index in [0.717, 1.165) is 82.3 Å². The van der Waals surface area contributed by atoms with Crippen LogP contribution in [0.15, 0.2) is 0 Å². The minimum absolute atomic E-state index is 0.615. The Morgan fingerprint density at radius 2 is 0.764 bits per heavy atom. The largest absolute Gasteiger partial charge is 0.379 e. The summed E-state index contributed by atoms with van der Waals surface area (Å²) in [4.78, 5) is 29.6. The second-order valence-corrected chi connectivity index (χ2v) is 24.3. The molecule has 7 atom stereocenters. The Bertz CT molecular complexity index is 1240. The molecule has 0 amide bonds. The molecule has 9 fully saturated rings. The lowest BCUT2D eigenvalue weighted by molar-refractivity contribution is 0.0131. The molecule has 9 heterocycles. The van der Waals surface area contributed by atoms with Crippen molar-refractivity contribution >= 4 is 0 Å². The highest BCUT2D eigenvalue weighted by Gasteiger charge is 2.24. The lowest BCUT2D eigenvalue weighted by Gasteiger charge is -2.35. The van der Waals surface area contributed by atoms with E-state index in [1.54, 1.807) is 0 Å². The van der Waals surface area contributed by atoms with Crippen molar-refractivity contribution in [2.75, 3.05) is 220 Å². The number of ether oxygens (including phenoxy) is 2. The number of likely N-dealkylation sites (N-methyl/N-ethyl adjacent to an activating group) is 5. The van der Waals surface area contributed by atoms with Gasteiger partial charge in [0.1, 0.15) is 0 Å². The van der Waals surface area contributed by atoms with Gasteiger partial charge in [0.2, 0.25) is 0 Å². The van der Waals surface area contributed by atoms with Crippen LogP contribution in [-0.2, 0) is 9.47 Å². The molecule has 9 aliphatic rings. The zero-order valence-electron chi connectivity index (χ0n) is 50.7. The Balaban J connectivity index is 0.000000226. The molecule has 9 rings (SSSR count). The van der Waals surface area contributed by atoms with Crippen molar-refractivity contribution in [3.8, 4) is 0 Å². The Morgan fingerprint density at radius 3 is 1.14 bits per heavy atom. The highest BCUT2D eigenvalue weighted by atomic mass is 16.5. The molecule has 0 aromatic rings.